The molecule has 0 unspecified atom stereocenters. The van der Waals surface area contributed by atoms with Crippen LogP contribution in [-0.4, -0.2) is 20.4 Å². The number of hydrogen-bond acceptors (Lipinski definition) is 4. The summed E-state index contributed by atoms with van der Waals surface area (Å²) in [7, 11) is 0. The average molecular weight is 322 g/mol. The van der Waals surface area contributed by atoms with Gasteiger partial charge in [-0.25, -0.2) is 4.98 Å². The molecule has 0 saturated heterocycles. The Bertz CT molecular complexity index is 887. The third kappa shape index (κ3) is 3.14. The molecular formula is C17H14N4O3. The second kappa shape index (κ2) is 6.33. The zero-order valence-electron chi connectivity index (χ0n) is 12.8. The van der Waals surface area contributed by atoms with Crippen molar-refractivity contribution in [1.82, 2.24) is 9.55 Å². The Hall–Kier alpha value is -3.48. The lowest BCUT2D eigenvalue weighted by Gasteiger charge is -2.07. The molecule has 2 heterocycles. The van der Waals surface area contributed by atoms with Gasteiger partial charge in [0, 0.05) is 29.2 Å². The Labute approximate surface area is 137 Å². The molecule has 1 N–H and O–H groups in total. The molecule has 0 radical (unpaired) electrons. The SMILES string of the molecule is Cc1cc(NC(=O)c2ccc(-n3cccc3)cc2)ncc1[N+](=O)[O-]. The van der Waals surface area contributed by atoms with Gasteiger partial charge in [0.1, 0.15) is 12.0 Å². The first-order valence-corrected chi connectivity index (χ1v) is 7.20. The summed E-state index contributed by atoms with van der Waals surface area (Å²) in [5, 5.41) is 13.4. The van der Waals surface area contributed by atoms with Crippen LogP contribution >= 0.6 is 0 Å². The van der Waals surface area contributed by atoms with Crippen molar-refractivity contribution in [2.75, 3.05) is 5.32 Å². The van der Waals surface area contributed by atoms with Gasteiger partial charge in [0.2, 0.25) is 0 Å². The number of nitrogens with zero attached hydrogens (tertiary/aromatic N) is 3. The number of aromatic nitrogens is 2. The summed E-state index contributed by atoms with van der Waals surface area (Å²) in [5.41, 5.74) is 1.78. The van der Waals surface area contributed by atoms with Gasteiger partial charge < -0.3 is 9.88 Å². The van der Waals surface area contributed by atoms with Gasteiger partial charge in [0.15, 0.2) is 0 Å². The minimum Gasteiger partial charge on any atom is -0.324 e. The highest BCUT2D eigenvalue weighted by Gasteiger charge is 2.13. The number of rotatable bonds is 4. The predicted octanol–water partition coefficient (Wildman–Crippen LogP) is 3.34. The molecule has 0 fully saturated rings. The highest BCUT2D eigenvalue weighted by atomic mass is 16.6. The minimum absolute atomic E-state index is 0.0796. The lowest BCUT2D eigenvalue weighted by atomic mass is 10.2. The Morgan fingerprint density at radius 2 is 1.88 bits per heavy atom. The third-order valence-corrected chi connectivity index (χ3v) is 3.55. The topological polar surface area (TPSA) is 90.1 Å². The van der Waals surface area contributed by atoms with Crippen molar-refractivity contribution < 1.29 is 9.72 Å². The van der Waals surface area contributed by atoms with Crippen LogP contribution in [0.1, 0.15) is 15.9 Å². The molecule has 1 amide bonds. The van der Waals surface area contributed by atoms with Gasteiger partial charge >= 0.3 is 0 Å². The van der Waals surface area contributed by atoms with Crippen molar-refractivity contribution in [3.05, 3.63) is 82.3 Å². The van der Waals surface area contributed by atoms with Crippen molar-refractivity contribution in [2.24, 2.45) is 0 Å². The molecule has 7 nitrogen and oxygen atoms in total. The first-order chi connectivity index (χ1) is 11.5. The molecule has 120 valence electrons. The van der Waals surface area contributed by atoms with E-state index in [0.29, 0.717) is 11.1 Å². The lowest BCUT2D eigenvalue weighted by molar-refractivity contribution is -0.385. The fourth-order valence-electron chi connectivity index (χ4n) is 2.29. The van der Waals surface area contributed by atoms with Gasteiger partial charge in [0.25, 0.3) is 11.6 Å². The van der Waals surface area contributed by atoms with Gasteiger partial charge in [-0.05, 0) is 49.4 Å². The van der Waals surface area contributed by atoms with E-state index in [1.807, 2.05) is 41.2 Å². The van der Waals surface area contributed by atoms with Crippen LogP contribution < -0.4 is 5.32 Å². The number of aryl methyl sites for hydroxylation is 1. The van der Waals surface area contributed by atoms with Crippen molar-refractivity contribution in [1.29, 1.82) is 0 Å². The number of carbonyl (C=O) groups is 1. The smallest absolute Gasteiger partial charge is 0.290 e. The molecule has 0 aliphatic carbocycles. The summed E-state index contributed by atoms with van der Waals surface area (Å²) in [6.45, 7) is 1.60. The number of nitrogens with one attached hydrogen (secondary N) is 1. The predicted molar refractivity (Wildman–Crippen MR) is 89.4 cm³/mol. The van der Waals surface area contributed by atoms with Crippen LogP contribution in [0.5, 0.6) is 0 Å². The molecule has 3 rings (SSSR count). The first kappa shape index (κ1) is 15.4. The Kier molecular flexibility index (Phi) is 4.07. The summed E-state index contributed by atoms with van der Waals surface area (Å²) in [5.74, 6) is -0.0487. The maximum Gasteiger partial charge on any atom is 0.290 e. The monoisotopic (exact) mass is 322 g/mol. The quantitative estimate of drug-likeness (QED) is 0.589. The number of nitro groups is 1. The van der Waals surface area contributed by atoms with E-state index < -0.39 is 4.92 Å². The van der Waals surface area contributed by atoms with Crippen LogP contribution in [0.4, 0.5) is 11.5 Å². The standard InChI is InChI=1S/C17H14N4O3/c1-12-10-16(18-11-15(12)21(23)24)19-17(22)13-4-6-14(7-5-13)20-8-2-3-9-20/h2-11H,1H3,(H,18,19,22). The Morgan fingerprint density at radius 3 is 2.46 bits per heavy atom. The van der Waals surface area contributed by atoms with E-state index in [0.717, 1.165) is 11.9 Å². The highest BCUT2D eigenvalue weighted by molar-refractivity contribution is 6.03. The number of benzene rings is 1. The van der Waals surface area contributed by atoms with Crippen molar-refractivity contribution >= 4 is 17.4 Å². The summed E-state index contributed by atoms with van der Waals surface area (Å²) >= 11 is 0. The minimum atomic E-state index is -0.506. The normalized spacial score (nSPS) is 10.4. The first-order valence-electron chi connectivity index (χ1n) is 7.20. The largest absolute Gasteiger partial charge is 0.324 e. The van der Waals surface area contributed by atoms with Gasteiger partial charge in [-0.1, -0.05) is 0 Å². The molecule has 0 aliphatic rings. The van der Waals surface area contributed by atoms with Crippen LogP contribution in [0.3, 0.4) is 0 Å². The third-order valence-electron chi connectivity index (χ3n) is 3.55. The molecular weight excluding hydrogens is 308 g/mol. The maximum absolute atomic E-state index is 12.3. The van der Waals surface area contributed by atoms with E-state index in [1.165, 1.54) is 6.07 Å². The molecule has 0 bridgehead atoms. The van der Waals surface area contributed by atoms with E-state index in [4.69, 9.17) is 0 Å². The Balaban J connectivity index is 1.75. The number of amides is 1. The zero-order chi connectivity index (χ0) is 17.1. The van der Waals surface area contributed by atoms with E-state index in [2.05, 4.69) is 10.3 Å². The van der Waals surface area contributed by atoms with Crippen LogP contribution in [0, 0.1) is 17.0 Å². The van der Waals surface area contributed by atoms with Crippen molar-refractivity contribution in [3.63, 3.8) is 0 Å². The molecule has 0 atom stereocenters. The molecule has 3 aromatic rings. The van der Waals surface area contributed by atoms with Gasteiger partial charge in [0.05, 0.1) is 4.92 Å². The fourth-order valence-corrected chi connectivity index (χ4v) is 2.29. The second-order valence-corrected chi connectivity index (χ2v) is 5.20. The van der Waals surface area contributed by atoms with Gasteiger partial charge in [-0.3, -0.25) is 14.9 Å². The number of hydrogen-bond donors (Lipinski definition) is 1. The summed E-state index contributed by atoms with van der Waals surface area (Å²) in [4.78, 5) is 26.4. The zero-order valence-corrected chi connectivity index (χ0v) is 12.8. The number of anilines is 1. The van der Waals surface area contributed by atoms with Gasteiger partial charge in [-0.15, -0.1) is 0 Å². The van der Waals surface area contributed by atoms with E-state index in [9.17, 15) is 14.9 Å². The molecule has 1 aromatic carbocycles. The van der Waals surface area contributed by atoms with Crippen LogP contribution in [0.25, 0.3) is 5.69 Å². The lowest BCUT2D eigenvalue weighted by Crippen LogP contribution is -2.13. The average Bonchev–Trinajstić information content (AvgIpc) is 3.09. The van der Waals surface area contributed by atoms with Crippen LogP contribution in [0.2, 0.25) is 0 Å². The molecule has 2 aromatic heterocycles. The summed E-state index contributed by atoms with van der Waals surface area (Å²) < 4.78 is 1.93. The van der Waals surface area contributed by atoms with E-state index >= 15 is 0 Å². The molecule has 0 aliphatic heterocycles. The Morgan fingerprint density at radius 1 is 1.21 bits per heavy atom. The van der Waals surface area contributed by atoms with E-state index in [1.54, 1.807) is 19.1 Å². The summed E-state index contributed by atoms with van der Waals surface area (Å²) in [6, 6.07) is 12.4. The molecule has 0 saturated carbocycles. The summed E-state index contributed by atoms with van der Waals surface area (Å²) in [6.07, 6.45) is 4.97. The van der Waals surface area contributed by atoms with Crippen LogP contribution in [0.15, 0.2) is 61.1 Å². The number of carbonyl (C=O) groups excluding carboxylic acids is 1. The highest BCUT2D eigenvalue weighted by Crippen LogP contribution is 2.19. The second-order valence-electron chi connectivity index (χ2n) is 5.20. The van der Waals surface area contributed by atoms with Crippen molar-refractivity contribution in [3.8, 4) is 5.69 Å². The molecule has 7 heteroatoms. The maximum atomic E-state index is 12.3. The van der Waals surface area contributed by atoms with Crippen molar-refractivity contribution in [2.45, 2.75) is 6.92 Å². The fraction of sp³-hybridized carbons (Fsp3) is 0.0588. The van der Waals surface area contributed by atoms with Crippen LogP contribution in [-0.2, 0) is 0 Å². The van der Waals surface area contributed by atoms with E-state index in [-0.39, 0.29) is 17.4 Å². The van der Waals surface area contributed by atoms with Gasteiger partial charge in [-0.2, -0.15) is 0 Å². The molecule has 0 spiro atoms. The number of pyridine rings is 1. The molecule has 24 heavy (non-hydrogen) atoms.